The van der Waals surface area contributed by atoms with Gasteiger partial charge in [0.15, 0.2) is 17.3 Å². The first-order valence-electron chi connectivity index (χ1n) is 15.0. The highest BCUT2D eigenvalue weighted by molar-refractivity contribution is 7.09. The van der Waals surface area contributed by atoms with Crippen molar-refractivity contribution in [2.45, 2.75) is 0 Å². The molecule has 2 aliphatic rings. The van der Waals surface area contributed by atoms with Gasteiger partial charge < -0.3 is 9.64 Å². The molecule has 0 saturated carbocycles. The zero-order valence-electron chi connectivity index (χ0n) is 23.9. The third-order valence-corrected chi connectivity index (χ3v) is 9.74. The van der Waals surface area contributed by atoms with Crippen molar-refractivity contribution >= 4 is 50.1 Å². The van der Waals surface area contributed by atoms with Crippen LogP contribution >= 0.6 is 11.5 Å². The van der Waals surface area contributed by atoms with Crippen LogP contribution in [0.3, 0.4) is 0 Å². The molecule has 1 aromatic heterocycles. The molecule has 7 aromatic carbocycles. The Morgan fingerprint density at radius 2 is 1.27 bits per heavy atom. The summed E-state index contributed by atoms with van der Waals surface area (Å²) >= 11 is 1.42. The highest BCUT2D eigenvalue weighted by Gasteiger charge is 2.27. The molecule has 0 unspecified atom stereocenters. The Morgan fingerprint density at radius 3 is 2.18 bits per heavy atom. The molecule has 0 bridgehead atoms. The number of rotatable bonds is 3. The van der Waals surface area contributed by atoms with Crippen LogP contribution in [0.15, 0.2) is 140 Å². The van der Waals surface area contributed by atoms with Crippen LogP contribution < -0.4 is 9.64 Å². The zero-order chi connectivity index (χ0) is 29.5. The first kappa shape index (κ1) is 24.6. The fourth-order valence-corrected chi connectivity index (χ4v) is 7.61. The summed E-state index contributed by atoms with van der Waals surface area (Å²) in [4.78, 5) is 7.35. The molecule has 210 valence electrons. The van der Waals surface area contributed by atoms with Crippen LogP contribution in [0.4, 0.5) is 17.1 Å². The van der Waals surface area contributed by atoms with Gasteiger partial charge >= 0.3 is 0 Å². The molecule has 2 heterocycles. The molecular formula is C40H23N3OS. The minimum Gasteiger partial charge on any atom is -0.453 e. The summed E-state index contributed by atoms with van der Waals surface area (Å²) in [5.74, 6) is 2.36. The molecule has 0 N–H and O–H groups in total. The number of aromatic nitrogens is 2. The van der Waals surface area contributed by atoms with E-state index in [1.165, 1.54) is 55.3 Å². The number of fused-ring (bicyclic) bond motifs is 6. The molecular weight excluding hydrogens is 571 g/mol. The van der Waals surface area contributed by atoms with E-state index in [-0.39, 0.29) is 0 Å². The summed E-state index contributed by atoms with van der Waals surface area (Å²) in [5.41, 5.74) is 10.3. The van der Waals surface area contributed by atoms with Gasteiger partial charge in [0.1, 0.15) is 5.01 Å². The summed E-state index contributed by atoms with van der Waals surface area (Å²) in [6, 6.07) is 49.2. The smallest absolute Gasteiger partial charge is 0.174 e. The average molecular weight is 594 g/mol. The minimum absolute atomic E-state index is 0.747. The van der Waals surface area contributed by atoms with Gasteiger partial charge in [0, 0.05) is 16.8 Å². The molecule has 1 aliphatic heterocycles. The van der Waals surface area contributed by atoms with Gasteiger partial charge in [0.05, 0.1) is 11.4 Å². The van der Waals surface area contributed by atoms with Gasteiger partial charge in [-0.2, -0.15) is 4.37 Å². The monoisotopic (exact) mass is 593 g/mol. The molecule has 5 heteroatoms. The van der Waals surface area contributed by atoms with E-state index in [2.05, 4.69) is 132 Å². The number of para-hydroxylation sites is 2. The van der Waals surface area contributed by atoms with E-state index in [1.807, 2.05) is 12.1 Å². The van der Waals surface area contributed by atoms with Gasteiger partial charge in [0.2, 0.25) is 0 Å². The molecule has 4 nitrogen and oxygen atoms in total. The summed E-state index contributed by atoms with van der Waals surface area (Å²) in [6.45, 7) is 0. The Balaban J connectivity index is 1.06. The Hall–Kier alpha value is -5.78. The molecule has 8 aromatic rings. The van der Waals surface area contributed by atoms with Crippen LogP contribution in [0.5, 0.6) is 11.5 Å². The van der Waals surface area contributed by atoms with Crippen molar-refractivity contribution in [1.29, 1.82) is 0 Å². The Bertz CT molecular complexity index is 2470. The second kappa shape index (κ2) is 9.36. The zero-order valence-corrected chi connectivity index (χ0v) is 24.8. The Morgan fingerprint density at radius 1 is 0.533 bits per heavy atom. The van der Waals surface area contributed by atoms with Crippen molar-refractivity contribution in [1.82, 2.24) is 9.36 Å². The van der Waals surface area contributed by atoms with Crippen molar-refractivity contribution in [3.05, 3.63) is 140 Å². The highest BCUT2D eigenvalue weighted by Crippen LogP contribution is 2.52. The van der Waals surface area contributed by atoms with Crippen LogP contribution in [0.2, 0.25) is 0 Å². The van der Waals surface area contributed by atoms with Crippen molar-refractivity contribution < 1.29 is 4.74 Å². The second-order valence-electron chi connectivity index (χ2n) is 11.5. The molecule has 0 saturated heterocycles. The maximum atomic E-state index is 6.51. The quantitative estimate of drug-likeness (QED) is 0.204. The maximum absolute atomic E-state index is 6.51. The standard InChI is InChI=1S/C40H23N3OS/c1-2-9-25-22-27(18-16-24(25)8-1)43-34-14-5-6-15-36(34)44-37-23-26(17-21-35(37)43)40-41-39(42-45-40)33-20-19-32-29-11-4-3-10-28(29)30-12-7-13-31(33)38(30)32/h1-23H. The van der Waals surface area contributed by atoms with Gasteiger partial charge in [-0.3, -0.25) is 0 Å². The molecule has 45 heavy (non-hydrogen) atoms. The summed E-state index contributed by atoms with van der Waals surface area (Å²) < 4.78 is 11.4. The lowest BCUT2D eigenvalue weighted by atomic mass is 9.98. The number of nitrogens with zero attached hydrogens (tertiary/aromatic N) is 3. The lowest BCUT2D eigenvalue weighted by molar-refractivity contribution is 0.477. The normalized spacial score (nSPS) is 12.6. The van der Waals surface area contributed by atoms with Crippen LogP contribution in [0.1, 0.15) is 0 Å². The van der Waals surface area contributed by atoms with Crippen molar-refractivity contribution in [3.8, 4) is 55.7 Å². The van der Waals surface area contributed by atoms with E-state index in [4.69, 9.17) is 14.1 Å². The predicted molar refractivity (Wildman–Crippen MR) is 185 cm³/mol. The third kappa shape index (κ3) is 3.65. The largest absolute Gasteiger partial charge is 0.453 e. The molecule has 0 atom stereocenters. The maximum Gasteiger partial charge on any atom is 0.174 e. The first-order chi connectivity index (χ1) is 22.3. The van der Waals surface area contributed by atoms with E-state index in [0.717, 1.165) is 50.5 Å². The van der Waals surface area contributed by atoms with Gasteiger partial charge in [-0.15, -0.1) is 0 Å². The SMILES string of the molecule is c1ccc2c(c1)Oc1cc(-c3nc(-c4ccc5c6c(cccc46)-c4ccccc4-5)ns3)ccc1N2c1ccc2ccccc2c1. The van der Waals surface area contributed by atoms with Crippen molar-refractivity contribution in [3.63, 3.8) is 0 Å². The molecule has 1 aliphatic carbocycles. The number of ether oxygens (including phenoxy) is 1. The number of hydrogen-bond donors (Lipinski definition) is 0. The van der Waals surface area contributed by atoms with Crippen LogP contribution in [0.25, 0.3) is 65.8 Å². The average Bonchev–Trinajstić information content (AvgIpc) is 3.72. The van der Waals surface area contributed by atoms with Crippen molar-refractivity contribution in [2.75, 3.05) is 4.90 Å². The van der Waals surface area contributed by atoms with Crippen LogP contribution in [-0.2, 0) is 0 Å². The van der Waals surface area contributed by atoms with E-state index < -0.39 is 0 Å². The highest BCUT2D eigenvalue weighted by atomic mass is 32.1. The minimum atomic E-state index is 0.747. The first-order valence-corrected chi connectivity index (χ1v) is 15.8. The van der Waals surface area contributed by atoms with E-state index in [0.29, 0.717) is 0 Å². The predicted octanol–water partition coefficient (Wildman–Crippen LogP) is 11.4. The summed E-state index contributed by atoms with van der Waals surface area (Å²) in [7, 11) is 0. The van der Waals surface area contributed by atoms with Gasteiger partial charge in [-0.1, -0.05) is 91.0 Å². The topological polar surface area (TPSA) is 38.3 Å². The van der Waals surface area contributed by atoms with E-state index >= 15 is 0 Å². The lowest BCUT2D eigenvalue weighted by Crippen LogP contribution is -2.15. The Kier molecular flexibility index (Phi) is 5.12. The van der Waals surface area contributed by atoms with E-state index in [9.17, 15) is 0 Å². The third-order valence-electron chi connectivity index (χ3n) is 8.98. The van der Waals surface area contributed by atoms with Gasteiger partial charge in [-0.25, -0.2) is 4.98 Å². The molecule has 0 radical (unpaired) electrons. The van der Waals surface area contributed by atoms with Crippen LogP contribution in [-0.4, -0.2) is 9.36 Å². The summed E-state index contributed by atoms with van der Waals surface area (Å²) in [5, 5.41) is 5.74. The van der Waals surface area contributed by atoms with Gasteiger partial charge in [0.25, 0.3) is 0 Å². The fraction of sp³-hybridized carbons (Fsp3) is 0. The molecule has 0 fully saturated rings. The fourth-order valence-electron chi connectivity index (χ4n) is 6.94. The number of benzene rings is 7. The molecule has 0 amide bonds. The molecule has 0 spiro atoms. The molecule has 10 rings (SSSR count). The van der Waals surface area contributed by atoms with Crippen molar-refractivity contribution in [2.24, 2.45) is 0 Å². The van der Waals surface area contributed by atoms with E-state index in [1.54, 1.807) is 0 Å². The number of anilines is 3. The van der Waals surface area contributed by atoms with Crippen LogP contribution in [0, 0.1) is 0 Å². The second-order valence-corrected chi connectivity index (χ2v) is 12.2. The summed E-state index contributed by atoms with van der Waals surface area (Å²) in [6.07, 6.45) is 0. The Labute approximate surface area is 263 Å². The lowest BCUT2D eigenvalue weighted by Gasteiger charge is -2.33. The number of hydrogen-bond acceptors (Lipinski definition) is 5. The van der Waals surface area contributed by atoms with Gasteiger partial charge in [-0.05, 0) is 104 Å².